The normalized spacial score (nSPS) is 18.8. The van der Waals surface area contributed by atoms with Crippen molar-refractivity contribution in [1.82, 2.24) is 14.8 Å². The van der Waals surface area contributed by atoms with Gasteiger partial charge < -0.3 is 19.9 Å². The van der Waals surface area contributed by atoms with Crippen molar-refractivity contribution in [2.75, 3.05) is 44.6 Å². The van der Waals surface area contributed by atoms with Crippen LogP contribution in [0.15, 0.2) is 59.4 Å². The van der Waals surface area contributed by atoms with Gasteiger partial charge in [0, 0.05) is 67.6 Å². The molecule has 0 bridgehead atoms. The van der Waals surface area contributed by atoms with Crippen molar-refractivity contribution >= 4 is 28.4 Å². The van der Waals surface area contributed by atoms with Crippen LogP contribution in [0.4, 0.5) is 5.69 Å². The number of piperazine rings is 1. The molecule has 3 aromatic rings. The first-order valence-electron chi connectivity index (χ1n) is 11.7. The minimum atomic E-state index is -0.394. The molecule has 2 aromatic carbocycles. The van der Waals surface area contributed by atoms with Gasteiger partial charge in [-0.2, -0.15) is 0 Å². The maximum atomic E-state index is 13.1. The number of carbonyl (C=O) groups excluding carboxylic acids is 2. The number of aromatic nitrogens is 1. The molecule has 0 radical (unpaired) electrons. The molecule has 0 unspecified atom stereocenters. The van der Waals surface area contributed by atoms with Crippen LogP contribution in [0, 0.1) is 0 Å². The molecule has 2 fully saturated rings. The van der Waals surface area contributed by atoms with Gasteiger partial charge in [0.25, 0.3) is 11.8 Å². The number of hydrogen-bond donors (Lipinski definition) is 2. The molecular formula is C26H28N4O4. The number of hydrogen-bond acceptors (Lipinski definition) is 5. The number of nitrogens with zero attached hydrogens (tertiary/aromatic N) is 2. The number of amides is 2. The van der Waals surface area contributed by atoms with Gasteiger partial charge in [0.15, 0.2) is 0 Å². The van der Waals surface area contributed by atoms with E-state index in [0.717, 1.165) is 39.1 Å². The van der Waals surface area contributed by atoms with Crippen molar-refractivity contribution in [1.29, 1.82) is 0 Å². The quantitative estimate of drug-likeness (QED) is 0.611. The molecule has 1 atom stereocenters. The number of rotatable bonds is 5. The predicted molar refractivity (Wildman–Crippen MR) is 130 cm³/mol. The monoisotopic (exact) mass is 460 g/mol. The first-order valence-corrected chi connectivity index (χ1v) is 11.7. The van der Waals surface area contributed by atoms with Crippen LogP contribution in [-0.4, -0.2) is 72.0 Å². The van der Waals surface area contributed by atoms with Crippen LogP contribution in [0.25, 0.3) is 10.9 Å². The standard InChI is InChI=1S/C26H28N4O4/c31-24-16-22(21-8-1-2-9-23(21)28-24)25(32)27-19-6-3-5-18(15-19)26(33)30-12-10-29(11-13-30)17-20-7-4-14-34-20/h1-3,5-6,8-9,15-16,20H,4,7,10-14,17H2,(H,27,32)(H,28,31)/t20-/m0/s1. The average Bonchev–Trinajstić information content (AvgIpc) is 3.37. The highest BCUT2D eigenvalue weighted by Gasteiger charge is 2.25. The number of anilines is 1. The Morgan fingerprint density at radius 3 is 2.65 bits per heavy atom. The number of benzene rings is 2. The average molecular weight is 461 g/mol. The SMILES string of the molecule is O=C(Nc1cccc(C(=O)N2CCN(C[C@@H]3CCCO3)CC2)c1)c1cc(=O)[nH]c2ccccc12. The summed E-state index contributed by atoms with van der Waals surface area (Å²) in [7, 11) is 0. The van der Waals surface area contributed by atoms with Crippen LogP contribution in [-0.2, 0) is 4.74 Å². The molecule has 0 aliphatic carbocycles. The topological polar surface area (TPSA) is 94.7 Å². The number of ether oxygens (including phenoxy) is 1. The molecule has 2 aliphatic heterocycles. The van der Waals surface area contributed by atoms with E-state index in [1.807, 2.05) is 11.0 Å². The highest BCUT2D eigenvalue weighted by Crippen LogP contribution is 2.19. The smallest absolute Gasteiger partial charge is 0.256 e. The number of aromatic amines is 1. The van der Waals surface area contributed by atoms with Crippen molar-refractivity contribution in [3.05, 3.63) is 76.1 Å². The Balaban J connectivity index is 1.25. The Hall–Kier alpha value is -3.49. The summed E-state index contributed by atoms with van der Waals surface area (Å²) in [6, 6.07) is 15.4. The first kappa shape index (κ1) is 22.3. The number of pyridine rings is 1. The molecule has 2 aliphatic rings. The molecule has 2 amide bonds. The maximum Gasteiger partial charge on any atom is 0.256 e. The minimum Gasteiger partial charge on any atom is -0.377 e. The van der Waals surface area contributed by atoms with Crippen molar-refractivity contribution in [2.24, 2.45) is 0 Å². The summed E-state index contributed by atoms with van der Waals surface area (Å²) in [5.74, 6) is -0.441. The van der Waals surface area contributed by atoms with Gasteiger partial charge in [-0.1, -0.05) is 24.3 Å². The predicted octanol–water partition coefficient (Wildman–Crippen LogP) is 2.72. The summed E-state index contributed by atoms with van der Waals surface area (Å²) < 4.78 is 5.73. The fraction of sp³-hybridized carbons (Fsp3) is 0.346. The zero-order valence-corrected chi connectivity index (χ0v) is 19.0. The summed E-state index contributed by atoms with van der Waals surface area (Å²) in [5, 5.41) is 3.50. The van der Waals surface area contributed by atoms with Crippen molar-refractivity contribution in [3.8, 4) is 0 Å². The number of fused-ring (bicyclic) bond motifs is 1. The third-order valence-electron chi connectivity index (χ3n) is 6.51. The Bertz CT molecular complexity index is 1260. The van der Waals surface area contributed by atoms with Gasteiger partial charge in [0.05, 0.1) is 11.7 Å². The Labute approximate surface area is 197 Å². The molecule has 2 saturated heterocycles. The molecule has 3 heterocycles. The molecule has 1 aromatic heterocycles. The van der Waals surface area contributed by atoms with E-state index in [9.17, 15) is 14.4 Å². The molecular weight excluding hydrogens is 432 g/mol. The fourth-order valence-electron chi connectivity index (χ4n) is 4.71. The molecule has 34 heavy (non-hydrogen) atoms. The van der Waals surface area contributed by atoms with Crippen molar-refractivity contribution in [3.63, 3.8) is 0 Å². The number of H-pyrrole nitrogens is 1. The van der Waals surface area contributed by atoms with Crippen LogP contribution in [0.2, 0.25) is 0 Å². The lowest BCUT2D eigenvalue weighted by molar-refractivity contribution is 0.0432. The molecule has 0 spiro atoms. The van der Waals surface area contributed by atoms with Gasteiger partial charge in [0.1, 0.15) is 0 Å². The third kappa shape index (κ3) is 4.88. The van der Waals surface area contributed by atoms with E-state index < -0.39 is 5.91 Å². The molecule has 5 rings (SSSR count). The third-order valence-corrected chi connectivity index (χ3v) is 6.51. The Kier molecular flexibility index (Phi) is 6.42. The molecule has 2 N–H and O–H groups in total. The number of nitrogens with one attached hydrogen (secondary N) is 2. The van der Waals surface area contributed by atoms with Gasteiger partial charge in [-0.3, -0.25) is 19.3 Å². The Morgan fingerprint density at radius 1 is 1.03 bits per heavy atom. The molecule has 176 valence electrons. The van der Waals surface area contributed by atoms with Crippen LogP contribution >= 0.6 is 0 Å². The van der Waals surface area contributed by atoms with E-state index in [1.54, 1.807) is 42.5 Å². The summed E-state index contributed by atoms with van der Waals surface area (Å²) in [5.41, 5.74) is 1.59. The zero-order valence-electron chi connectivity index (χ0n) is 19.0. The van der Waals surface area contributed by atoms with Gasteiger partial charge in [-0.25, -0.2) is 0 Å². The van der Waals surface area contributed by atoms with Gasteiger partial charge in [-0.05, 0) is 37.1 Å². The highest BCUT2D eigenvalue weighted by molar-refractivity contribution is 6.12. The summed E-state index contributed by atoms with van der Waals surface area (Å²) in [6.07, 6.45) is 2.57. The number of carbonyl (C=O) groups is 2. The van der Waals surface area contributed by atoms with Gasteiger partial charge in [-0.15, -0.1) is 0 Å². The summed E-state index contributed by atoms with van der Waals surface area (Å²) >= 11 is 0. The van der Waals surface area contributed by atoms with Gasteiger partial charge in [0.2, 0.25) is 5.56 Å². The van der Waals surface area contributed by atoms with Gasteiger partial charge >= 0.3 is 0 Å². The van der Waals surface area contributed by atoms with E-state index in [-0.39, 0.29) is 11.5 Å². The minimum absolute atomic E-state index is 0.0468. The molecule has 0 saturated carbocycles. The zero-order chi connectivity index (χ0) is 23.5. The summed E-state index contributed by atoms with van der Waals surface area (Å²) in [4.78, 5) is 45.0. The van der Waals surface area contributed by atoms with E-state index in [0.29, 0.717) is 46.9 Å². The maximum absolute atomic E-state index is 13.1. The number of para-hydroxylation sites is 1. The lowest BCUT2D eigenvalue weighted by Crippen LogP contribution is -2.50. The second-order valence-electron chi connectivity index (χ2n) is 8.86. The summed E-state index contributed by atoms with van der Waals surface area (Å²) in [6.45, 7) is 4.78. The van der Waals surface area contributed by atoms with Crippen LogP contribution in [0.1, 0.15) is 33.6 Å². The van der Waals surface area contributed by atoms with Crippen LogP contribution in [0.5, 0.6) is 0 Å². The fourth-order valence-corrected chi connectivity index (χ4v) is 4.71. The van der Waals surface area contributed by atoms with Crippen LogP contribution in [0.3, 0.4) is 0 Å². The lowest BCUT2D eigenvalue weighted by atomic mass is 10.1. The van der Waals surface area contributed by atoms with E-state index >= 15 is 0 Å². The van der Waals surface area contributed by atoms with E-state index in [4.69, 9.17) is 4.74 Å². The lowest BCUT2D eigenvalue weighted by Gasteiger charge is -2.35. The Morgan fingerprint density at radius 2 is 1.85 bits per heavy atom. The van der Waals surface area contributed by atoms with E-state index in [1.165, 1.54) is 6.07 Å². The highest BCUT2D eigenvalue weighted by atomic mass is 16.5. The second kappa shape index (κ2) is 9.79. The van der Waals surface area contributed by atoms with E-state index in [2.05, 4.69) is 15.2 Å². The molecule has 8 nitrogen and oxygen atoms in total. The molecule has 8 heteroatoms. The van der Waals surface area contributed by atoms with Crippen LogP contribution < -0.4 is 10.9 Å². The second-order valence-corrected chi connectivity index (χ2v) is 8.86. The van der Waals surface area contributed by atoms with Crippen molar-refractivity contribution in [2.45, 2.75) is 18.9 Å². The first-order chi connectivity index (χ1) is 16.6. The van der Waals surface area contributed by atoms with Crippen molar-refractivity contribution < 1.29 is 14.3 Å². The largest absolute Gasteiger partial charge is 0.377 e.